The van der Waals surface area contributed by atoms with Crippen LogP contribution in [0.15, 0.2) is 18.2 Å². The predicted molar refractivity (Wildman–Crippen MR) is 75.6 cm³/mol. The van der Waals surface area contributed by atoms with Gasteiger partial charge in [0.05, 0.1) is 18.1 Å². The Kier molecular flexibility index (Phi) is 4.10. The van der Waals surface area contributed by atoms with Crippen LogP contribution in [-0.4, -0.2) is 28.5 Å². The molecule has 19 heavy (non-hydrogen) atoms. The van der Waals surface area contributed by atoms with Crippen molar-refractivity contribution < 1.29 is 9.53 Å². The summed E-state index contributed by atoms with van der Waals surface area (Å²) in [6.45, 7) is 3.82. The predicted octanol–water partition coefficient (Wildman–Crippen LogP) is 2.86. The van der Waals surface area contributed by atoms with Gasteiger partial charge in [0.2, 0.25) is 0 Å². The Balaban J connectivity index is 2.64. The maximum absolute atomic E-state index is 11.8. The number of rotatable bonds is 4. The van der Waals surface area contributed by atoms with Crippen molar-refractivity contribution in [2.45, 2.75) is 26.3 Å². The van der Waals surface area contributed by atoms with Crippen LogP contribution < -0.4 is 0 Å². The Bertz CT molecular complexity index is 607. The van der Waals surface area contributed by atoms with Crippen molar-refractivity contribution in [1.29, 1.82) is 0 Å². The molecule has 1 heterocycles. The Labute approximate surface area is 117 Å². The Hall–Kier alpha value is -1.55. The van der Waals surface area contributed by atoms with Crippen LogP contribution in [0.1, 0.15) is 24.4 Å². The lowest BCUT2D eigenvalue weighted by molar-refractivity contribution is -0.143. The smallest absolute Gasteiger partial charge is 0.328 e. The van der Waals surface area contributed by atoms with Gasteiger partial charge in [-0.1, -0.05) is 12.1 Å². The molecular weight excluding hydrogens is 264 g/mol. The topological polar surface area (TPSA) is 44.1 Å². The first-order valence-corrected chi connectivity index (χ1v) is 6.73. The van der Waals surface area contributed by atoms with E-state index in [1.165, 1.54) is 7.11 Å². The molecule has 2 aromatic rings. The molecule has 0 amide bonds. The summed E-state index contributed by atoms with van der Waals surface area (Å²) in [6, 6.07) is 5.53. The second kappa shape index (κ2) is 5.61. The largest absolute Gasteiger partial charge is 0.467 e. The number of carbonyl (C=O) groups is 1. The number of para-hydroxylation sites is 1. The highest BCUT2D eigenvalue weighted by molar-refractivity contribution is 6.17. The molecule has 0 aliphatic rings. The summed E-state index contributed by atoms with van der Waals surface area (Å²) < 4.78 is 6.74. The number of imidazole rings is 1. The highest BCUT2D eigenvalue weighted by Crippen LogP contribution is 2.24. The summed E-state index contributed by atoms with van der Waals surface area (Å²) in [6.07, 6.45) is 0.622. The van der Waals surface area contributed by atoms with E-state index in [1.807, 2.05) is 36.6 Å². The van der Waals surface area contributed by atoms with Gasteiger partial charge in [-0.15, -0.1) is 11.6 Å². The van der Waals surface area contributed by atoms with Crippen LogP contribution in [0.2, 0.25) is 0 Å². The number of nitrogens with zero attached hydrogens (tertiary/aromatic N) is 2. The lowest BCUT2D eigenvalue weighted by atomic mass is 10.2. The molecule has 1 aromatic carbocycles. The van der Waals surface area contributed by atoms with Gasteiger partial charge in [0.15, 0.2) is 0 Å². The minimum atomic E-state index is -0.407. The van der Waals surface area contributed by atoms with Crippen LogP contribution in [0.3, 0.4) is 0 Å². The summed E-state index contributed by atoms with van der Waals surface area (Å²) in [5, 5.41) is 0. The molecule has 2 rings (SSSR count). The minimum absolute atomic E-state index is 0.281. The van der Waals surface area contributed by atoms with E-state index in [4.69, 9.17) is 16.3 Å². The molecule has 5 heteroatoms. The number of methoxy groups -OCH3 is 1. The molecule has 0 saturated heterocycles. The zero-order chi connectivity index (χ0) is 14.0. The fourth-order valence-corrected chi connectivity index (χ4v) is 2.44. The Morgan fingerprint density at radius 2 is 2.26 bits per heavy atom. The fourth-order valence-electron chi connectivity index (χ4n) is 2.27. The third kappa shape index (κ3) is 2.45. The van der Waals surface area contributed by atoms with Gasteiger partial charge in [-0.3, -0.25) is 0 Å². The lowest BCUT2D eigenvalue weighted by Crippen LogP contribution is -2.20. The highest BCUT2D eigenvalue weighted by Gasteiger charge is 2.22. The van der Waals surface area contributed by atoms with Crippen LogP contribution >= 0.6 is 11.6 Å². The number of halogens is 1. The number of alkyl halides is 1. The first-order valence-electron chi connectivity index (χ1n) is 6.20. The molecule has 0 bridgehead atoms. The maximum atomic E-state index is 11.8. The average Bonchev–Trinajstić information content (AvgIpc) is 2.77. The number of benzene rings is 1. The zero-order valence-corrected chi connectivity index (χ0v) is 12.1. The van der Waals surface area contributed by atoms with Gasteiger partial charge in [-0.25, -0.2) is 9.78 Å². The number of ether oxygens (including phenoxy) is 1. The Morgan fingerprint density at radius 3 is 2.89 bits per heavy atom. The van der Waals surface area contributed by atoms with Crippen molar-refractivity contribution in [1.82, 2.24) is 9.55 Å². The monoisotopic (exact) mass is 280 g/mol. The second-order valence-electron chi connectivity index (χ2n) is 4.48. The third-order valence-corrected chi connectivity index (χ3v) is 3.43. The average molecular weight is 281 g/mol. The molecule has 1 aromatic heterocycles. The minimum Gasteiger partial charge on any atom is -0.467 e. The van der Waals surface area contributed by atoms with Gasteiger partial charge >= 0.3 is 5.97 Å². The normalized spacial score (nSPS) is 12.6. The van der Waals surface area contributed by atoms with Crippen LogP contribution in [0.25, 0.3) is 11.0 Å². The van der Waals surface area contributed by atoms with E-state index in [9.17, 15) is 4.79 Å². The fraction of sp³-hybridized carbons (Fsp3) is 0.429. The van der Waals surface area contributed by atoms with Crippen LogP contribution in [0, 0.1) is 6.92 Å². The highest BCUT2D eigenvalue weighted by atomic mass is 35.5. The first kappa shape index (κ1) is 13.9. The van der Waals surface area contributed by atoms with E-state index in [1.54, 1.807) is 0 Å². The number of hydrogen-bond donors (Lipinski definition) is 0. The number of fused-ring (bicyclic) bond motifs is 1. The van der Waals surface area contributed by atoms with Crippen molar-refractivity contribution in [2.75, 3.05) is 13.0 Å². The van der Waals surface area contributed by atoms with Crippen LogP contribution in [0.5, 0.6) is 0 Å². The van der Waals surface area contributed by atoms with Gasteiger partial charge in [0.25, 0.3) is 0 Å². The van der Waals surface area contributed by atoms with E-state index < -0.39 is 6.04 Å². The summed E-state index contributed by atoms with van der Waals surface area (Å²) in [5.41, 5.74) is 2.94. The summed E-state index contributed by atoms with van der Waals surface area (Å²) in [7, 11) is 1.39. The Morgan fingerprint density at radius 1 is 1.53 bits per heavy atom. The van der Waals surface area contributed by atoms with Crippen molar-refractivity contribution in [2.24, 2.45) is 0 Å². The van der Waals surface area contributed by atoms with Gasteiger partial charge in [-0.2, -0.15) is 0 Å². The van der Waals surface area contributed by atoms with E-state index in [2.05, 4.69) is 4.98 Å². The quantitative estimate of drug-likeness (QED) is 0.639. The molecule has 102 valence electrons. The van der Waals surface area contributed by atoms with Crippen LogP contribution in [-0.2, 0) is 16.0 Å². The SMILES string of the molecule is COC(=O)C(C)n1c(CCCl)nc2c(C)cccc21. The molecule has 0 N–H and O–H groups in total. The molecule has 0 radical (unpaired) electrons. The van der Waals surface area contributed by atoms with Crippen molar-refractivity contribution in [3.05, 3.63) is 29.6 Å². The number of aryl methyl sites for hydroxylation is 2. The zero-order valence-electron chi connectivity index (χ0n) is 11.3. The molecule has 0 saturated carbocycles. The molecule has 1 unspecified atom stereocenters. The van der Waals surface area contributed by atoms with Gasteiger partial charge in [-0.05, 0) is 25.5 Å². The molecule has 0 fully saturated rings. The number of aromatic nitrogens is 2. The van der Waals surface area contributed by atoms with Gasteiger partial charge in [0.1, 0.15) is 11.9 Å². The summed E-state index contributed by atoms with van der Waals surface area (Å²) >= 11 is 5.82. The van der Waals surface area contributed by atoms with Crippen LogP contribution in [0.4, 0.5) is 0 Å². The molecular formula is C14H17ClN2O2. The van der Waals surface area contributed by atoms with E-state index in [0.717, 1.165) is 22.4 Å². The summed E-state index contributed by atoms with van der Waals surface area (Å²) in [4.78, 5) is 16.4. The van der Waals surface area contributed by atoms with E-state index >= 15 is 0 Å². The van der Waals surface area contributed by atoms with Crippen molar-refractivity contribution >= 4 is 28.6 Å². The van der Waals surface area contributed by atoms with Crippen molar-refractivity contribution in [3.63, 3.8) is 0 Å². The first-order chi connectivity index (χ1) is 9.10. The lowest BCUT2D eigenvalue weighted by Gasteiger charge is -2.15. The number of carbonyl (C=O) groups excluding carboxylic acids is 1. The maximum Gasteiger partial charge on any atom is 0.328 e. The van der Waals surface area contributed by atoms with E-state index in [0.29, 0.717) is 12.3 Å². The third-order valence-electron chi connectivity index (χ3n) is 3.24. The summed E-state index contributed by atoms with van der Waals surface area (Å²) in [5.74, 6) is 1.00. The standard InChI is InChI=1S/C14H17ClN2O2/c1-9-5-4-6-11-13(9)16-12(7-8-15)17(11)10(2)14(18)19-3/h4-6,10H,7-8H2,1-3H3. The molecule has 0 aliphatic heterocycles. The second-order valence-corrected chi connectivity index (χ2v) is 4.86. The molecule has 0 spiro atoms. The van der Waals surface area contributed by atoms with Gasteiger partial charge in [0, 0.05) is 12.3 Å². The number of hydrogen-bond acceptors (Lipinski definition) is 3. The van der Waals surface area contributed by atoms with Crippen molar-refractivity contribution in [3.8, 4) is 0 Å². The van der Waals surface area contributed by atoms with Gasteiger partial charge < -0.3 is 9.30 Å². The molecule has 0 aliphatic carbocycles. The van der Waals surface area contributed by atoms with E-state index in [-0.39, 0.29) is 5.97 Å². The molecule has 4 nitrogen and oxygen atoms in total. The number of esters is 1. The molecule has 1 atom stereocenters.